The van der Waals surface area contributed by atoms with Gasteiger partial charge in [0.05, 0.1) is 29.4 Å². The van der Waals surface area contributed by atoms with E-state index >= 15 is 0 Å². The molecule has 2 heterocycles. The van der Waals surface area contributed by atoms with Gasteiger partial charge in [0.25, 0.3) is 6.43 Å². The van der Waals surface area contributed by atoms with Crippen molar-refractivity contribution in [1.29, 1.82) is 0 Å². The standard InChI is InChI=1S/C22H21F3N4O2/c1-11(14-5-4-6-15(20(14)23)21(24)25)26-22-16-9-18-19(10-17(16)27-12(2)28-22)31-8-7-29(18)13(3)30/h4-6,9-11,21H,7-8H2,1-3H3,(H,26,27,28). The highest BCUT2D eigenvalue weighted by atomic mass is 19.3. The van der Waals surface area contributed by atoms with E-state index in [4.69, 9.17) is 4.74 Å². The van der Waals surface area contributed by atoms with Gasteiger partial charge in [-0.2, -0.15) is 0 Å². The molecule has 31 heavy (non-hydrogen) atoms. The Morgan fingerprint density at radius 3 is 2.68 bits per heavy atom. The SMILES string of the molecule is CC(=O)N1CCOc2cc3nc(C)nc(NC(C)c4cccc(C(F)F)c4F)c3cc21. The van der Waals surface area contributed by atoms with Crippen molar-refractivity contribution in [3.05, 3.63) is 53.1 Å². The third kappa shape index (κ3) is 3.87. The molecule has 0 bridgehead atoms. The molecule has 1 unspecified atom stereocenters. The van der Waals surface area contributed by atoms with E-state index in [0.717, 1.165) is 6.07 Å². The van der Waals surface area contributed by atoms with E-state index in [9.17, 15) is 18.0 Å². The van der Waals surface area contributed by atoms with E-state index in [1.807, 2.05) is 0 Å². The van der Waals surface area contributed by atoms with Crippen LogP contribution in [-0.2, 0) is 4.79 Å². The molecular weight excluding hydrogens is 409 g/mol. The summed E-state index contributed by atoms with van der Waals surface area (Å²) in [5.74, 6) is 0.366. The van der Waals surface area contributed by atoms with Crippen molar-refractivity contribution in [3.8, 4) is 5.75 Å². The first-order chi connectivity index (χ1) is 14.8. The van der Waals surface area contributed by atoms with Gasteiger partial charge in [-0.15, -0.1) is 0 Å². The highest BCUT2D eigenvalue weighted by Crippen LogP contribution is 2.38. The maximum atomic E-state index is 14.6. The number of aromatic nitrogens is 2. The van der Waals surface area contributed by atoms with E-state index in [0.29, 0.717) is 47.1 Å². The van der Waals surface area contributed by atoms with Crippen molar-refractivity contribution in [2.75, 3.05) is 23.4 Å². The van der Waals surface area contributed by atoms with Crippen LogP contribution in [0, 0.1) is 12.7 Å². The number of fused-ring (bicyclic) bond motifs is 2. The molecule has 1 aliphatic rings. The smallest absolute Gasteiger partial charge is 0.266 e. The molecule has 162 valence electrons. The fourth-order valence-electron chi connectivity index (χ4n) is 3.75. The highest BCUT2D eigenvalue weighted by molar-refractivity contribution is 6.00. The Hall–Kier alpha value is -3.36. The van der Waals surface area contributed by atoms with Crippen molar-refractivity contribution in [3.63, 3.8) is 0 Å². The van der Waals surface area contributed by atoms with Crippen LogP contribution in [0.4, 0.5) is 24.7 Å². The average Bonchev–Trinajstić information content (AvgIpc) is 2.71. The number of rotatable bonds is 4. The fourth-order valence-corrected chi connectivity index (χ4v) is 3.75. The summed E-state index contributed by atoms with van der Waals surface area (Å²) in [4.78, 5) is 22.5. The first-order valence-corrected chi connectivity index (χ1v) is 9.82. The number of hydrogen-bond acceptors (Lipinski definition) is 5. The van der Waals surface area contributed by atoms with Crippen LogP contribution in [0.2, 0.25) is 0 Å². The predicted octanol–water partition coefficient (Wildman–Crippen LogP) is 4.93. The number of hydrogen-bond donors (Lipinski definition) is 1. The lowest BCUT2D eigenvalue weighted by molar-refractivity contribution is -0.116. The molecular formula is C22H21F3N4O2. The maximum absolute atomic E-state index is 14.6. The third-order valence-corrected chi connectivity index (χ3v) is 5.24. The Morgan fingerprint density at radius 2 is 1.97 bits per heavy atom. The molecule has 1 aliphatic heterocycles. The molecule has 0 radical (unpaired) electrons. The van der Waals surface area contributed by atoms with Crippen molar-refractivity contribution >= 4 is 28.3 Å². The van der Waals surface area contributed by atoms with Gasteiger partial charge in [-0.1, -0.05) is 18.2 Å². The van der Waals surface area contributed by atoms with Gasteiger partial charge in [0.15, 0.2) is 0 Å². The number of amides is 1. The Morgan fingerprint density at radius 1 is 1.23 bits per heavy atom. The van der Waals surface area contributed by atoms with Gasteiger partial charge in [-0.25, -0.2) is 23.1 Å². The molecule has 1 atom stereocenters. The average molecular weight is 430 g/mol. The number of nitrogens with one attached hydrogen (secondary N) is 1. The second-order valence-electron chi connectivity index (χ2n) is 7.39. The second-order valence-corrected chi connectivity index (χ2v) is 7.39. The molecule has 0 saturated carbocycles. The summed E-state index contributed by atoms with van der Waals surface area (Å²) >= 11 is 0. The number of nitrogens with zero attached hydrogens (tertiary/aromatic N) is 3. The maximum Gasteiger partial charge on any atom is 0.266 e. The number of anilines is 2. The summed E-state index contributed by atoms with van der Waals surface area (Å²) in [5.41, 5.74) is 0.653. The van der Waals surface area contributed by atoms with Crippen LogP contribution in [0.25, 0.3) is 10.9 Å². The Balaban J connectivity index is 1.78. The van der Waals surface area contributed by atoms with Gasteiger partial charge in [0.2, 0.25) is 5.91 Å². The summed E-state index contributed by atoms with van der Waals surface area (Å²) in [6.07, 6.45) is -2.90. The zero-order valence-corrected chi connectivity index (χ0v) is 17.2. The number of halogens is 3. The van der Waals surface area contributed by atoms with Gasteiger partial charge in [-0.3, -0.25) is 4.79 Å². The molecule has 1 amide bonds. The topological polar surface area (TPSA) is 67.4 Å². The van der Waals surface area contributed by atoms with Crippen LogP contribution in [-0.4, -0.2) is 29.0 Å². The van der Waals surface area contributed by atoms with E-state index in [2.05, 4.69) is 15.3 Å². The molecule has 0 aliphatic carbocycles. The van der Waals surface area contributed by atoms with E-state index in [1.54, 1.807) is 30.9 Å². The monoisotopic (exact) mass is 430 g/mol. The van der Waals surface area contributed by atoms with E-state index in [-0.39, 0.29) is 11.5 Å². The molecule has 2 aromatic carbocycles. The van der Waals surface area contributed by atoms with Gasteiger partial charge in [0, 0.05) is 23.9 Å². The third-order valence-electron chi connectivity index (χ3n) is 5.24. The van der Waals surface area contributed by atoms with Crippen molar-refractivity contribution in [2.24, 2.45) is 0 Å². The normalized spacial score (nSPS) is 14.4. The van der Waals surface area contributed by atoms with Crippen LogP contribution in [0.5, 0.6) is 5.75 Å². The zero-order chi connectivity index (χ0) is 22.3. The number of ether oxygens (including phenoxy) is 1. The lowest BCUT2D eigenvalue weighted by Gasteiger charge is -2.29. The highest BCUT2D eigenvalue weighted by Gasteiger charge is 2.24. The minimum atomic E-state index is -2.90. The molecule has 0 saturated heterocycles. The predicted molar refractivity (Wildman–Crippen MR) is 111 cm³/mol. The van der Waals surface area contributed by atoms with E-state index < -0.39 is 23.8 Å². The van der Waals surface area contributed by atoms with Crippen LogP contribution in [0.3, 0.4) is 0 Å². The molecule has 0 fully saturated rings. The van der Waals surface area contributed by atoms with Gasteiger partial charge in [0.1, 0.15) is 29.8 Å². The minimum Gasteiger partial charge on any atom is -0.489 e. The number of carbonyl (C=O) groups is 1. The van der Waals surface area contributed by atoms with Gasteiger partial charge < -0.3 is 15.0 Å². The molecule has 6 nitrogen and oxygen atoms in total. The molecule has 1 aromatic heterocycles. The largest absolute Gasteiger partial charge is 0.489 e. The van der Waals surface area contributed by atoms with Crippen LogP contribution in [0.1, 0.15) is 43.3 Å². The zero-order valence-electron chi connectivity index (χ0n) is 17.2. The quantitative estimate of drug-likeness (QED) is 0.636. The Kier molecular flexibility index (Phi) is 5.43. The van der Waals surface area contributed by atoms with Crippen molar-refractivity contribution in [2.45, 2.75) is 33.2 Å². The molecule has 3 aromatic rings. The number of carbonyl (C=O) groups excluding carboxylic acids is 1. The first kappa shape index (κ1) is 20.9. The summed E-state index contributed by atoms with van der Waals surface area (Å²) in [6.45, 7) is 5.66. The lowest BCUT2D eigenvalue weighted by atomic mass is 10.0. The van der Waals surface area contributed by atoms with E-state index in [1.165, 1.54) is 19.1 Å². The number of alkyl halides is 2. The molecule has 9 heteroatoms. The second kappa shape index (κ2) is 8.05. The van der Waals surface area contributed by atoms with Crippen LogP contribution < -0.4 is 15.0 Å². The first-order valence-electron chi connectivity index (χ1n) is 9.82. The molecule has 0 spiro atoms. The molecule has 1 N–H and O–H groups in total. The van der Waals surface area contributed by atoms with Gasteiger partial charge >= 0.3 is 0 Å². The fraction of sp³-hybridized carbons (Fsp3) is 0.318. The van der Waals surface area contributed by atoms with Crippen LogP contribution >= 0.6 is 0 Å². The number of aryl methyl sites for hydroxylation is 1. The summed E-state index contributed by atoms with van der Waals surface area (Å²) < 4.78 is 46.5. The summed E-state index contributed by atoms with van der Waals surface area (Å²) in [6, 6.07) is 6.78. The lowest BCUT2D eigenvalue weighted by Crippen LogP contribution is -2.36. The Bertz CT molecular complexity index is 1170. The molecule has 4 rings (SSSR count). The van der Waals surface area contributed by atoms with Crippen molar-refractivity contribution in [1.82, 2.24) is 9.97 Å². The van der Waals surface area contributed by atoms with Gasteiger partial charge in [-0.05, 0) is 19.9 Å². The summed E-state index contributed by atoms with van der Waals surface area (Å²) in [7, 11) is 0. The summed E-state index contributed by atoms with van der Waals surface area (Å²) in [5, 5.41) is 3.73. The number of benzene rings is 2. The van der Waals surface area contributed by atoms with Crippen molar-refractivity contribution < 1.29 is 22.7 Å². The van der Waals surface area contributed by atoms with Crippen LogP contribution in [0.15, 0.2) is 30.3 Å². The minimum absolute atomic E-state index is 0.105. The Labute approximate surface area is 177 Å².